The van der Waals surface area contributed by atoms with Crippen LogP contribution in [0, 0.1) is 0 Å². The van der Waals surface area contributed by atoms with Crippen molar-refractivity contribution in [3.8, 4) is 0 Å². The fourth-order valence-electron chi connectivity index (χ4n) is 0.281. The molecule has 0 aliphatic rings. The molecule has 3 heteroatoms. The average molecular weight is 178 g/mol. The van der Waals surface area contributed by atoms with Crippen LogP contribution in [0.2, 0.25) is 0 Å². The molecule has 0 heterocycles. The van der Waals surface area contributed by atoms with Gasteiger partial charge in [0.1, 0.15) is 0 Å². The van der Waals surface area contributed by atoms with Crippen molar-refractivity contribution in [2.24, 2.45) is 0 Å². The standard InChI is InChI=1S/C6H10S3/c1-4-5-6(2)8-9-7-3/h4-5H,1H2,2-3H3/b6-5+. The van der Waals surface area contributed by atoms with Gasteiger partial charge >= 0.3 is 0 Å². The third-order valence-corrected chi connectivity index (χ3v) is 4.43. The predicted octanol–water partition coefficient (Wildman–Crippen LogP) is 3.74. The van der Waals surface area contributed by atoms with Crippen LogP contribution in [0.3, 0.4) is 0 Å². The summed E-state index contributed by atoms with van der Waals surface area (Å²) in [5.41, 5.74) is 0. The quantitative estimate of drug-likeness (QED) is 0.475. The number of rotatable bonds is 4. The molecule has 0 aromatic carbocycles. The third-order valence-electron chi connectivity index (χ3n) is 0.586. The summed E-state index contributed by atoms with van der Waals surface area (Å²) in [7, 11) is 5.30. The fourth-order valence-corrected chi connectivity index (χ4v) is 2.88. The number of allylic oxidation sites excluding steroid dienone is 3. The van der Waals surface area contributed by atoms with Crippen molar-refractivity contribution in [2.45, 2.75) is 6.92 Å². The highest BCUT2D eigenvalue weighted by molar-refractivity contribution is 9.10. The SMILES string of the molecule is C=C/C=C(\C)SSSC. The van der Waals surface area contributed by atoms with E-state index in [9.17, 15) is 0 Å². The van der Waals surface area contributed by atoms with Gasteiger partial charge in [-0.3, -0.25) is 0 Å². The maximum Gasteiger partial charge on any atom is -0.00649 e. The molecule has 0 spiro atoms. The molecule has 0 N–H and O–H groups in total. The van der Waals surface area contributed by atoms with Gasteiger partial charge in [-0.05, 0) is 27.9 Å². The number of hydrogen-bond donors (Lipinski definition) is 0. The van der Waals surface area contributed by atoms with Gasteiger partial charge in [0.2, 0.25) is 0 Å². The van der Waals surface area contributed by atoms with Crippen LogP contribution >= 0.6 is 31.4 Å². The zero-order valence-electron chi connectivity index (χ0n) is 5.59. The van der Waals surface area contributed by atoms with Crippen LogP contribution in [0.25, 0.3) is 0 Å². The largest absolute Gasteiger partial charge is 0.0990 e. The molecule has 0 saturated heterocycles. The summed E-state index contributed by atoms with van der Waals surface area (Å²) in [6.45, 7) is 5.68. The summed E-state index contributed by atoms with van der Waals surface area (Å²) in [6.07, 6.45) is 5.88. The van der Waals surface area contributed by atoms with E-state index in [0.717, 1.165) is 0 Å². The van der Waals surface area contributed by atoms with Gasteiger partial charge in [0, 0.05) is 0 Å². The monoisotopic (exact) mass is 178 g/mol. The molecule has 0 aliphatic heterocycles. The lowest BCUT2D eigenvalue weighted by Crippen LogP contribution is -1.56. The lowest BCUT2D eigenvalue weighted by molar-refractivity contribution is 1.69. The van der Waals surface area contributed by atoms with Gasteiger partial charge in [0.15, 0.2) is 0 Å². The van der Waals surface area contributed by atoms with Crippen molar-refractivity contribution in [1.29, 1.82) is 0 Å². The van der Waals surface area contributed by atoms with E-state index in [-0.39, 0.29) is 0 Å². The molecule has 9 heavy (non-hydrogen) atoms. The van der Waals surface area contributed by atoms with Crippen molar-refractivity contribution < 1.29 is 0 Å². The molecule has 0 nitrogen and oxygen atoms in total. The van der Waals surface area contributed by atoms with Crippen LogP contribution in [-0.4, -0.2) is 6.26 Å². The van der Waals surface area contributed by atoms with Gasteiger partial charge in [0.25, 0.3) is 0 Å². The van der Waals surface area contributed by atoms with Gasteiger partial charge in [-0.2, -0.15) is 0 Å². The van der Waals surface area contributed by atoms with Gasteiger partial charge in [-0.15, -0.1) is 0 Å². The second kappa shape index (κ2) is 6.65. The Morgan fingerprint density at radius 1 is 1.56 bits per heavy atom. The summed E-state index contributed by atoms with van der Waals surface area (Å²) in [6, 6.07) is 0. The average Bonchev–Trinajstić information content (AvgIpc) is 1.85. The summed E-state index contributed by atoms with van der Waals surface area (Å²) in [5.74, 6) is 0. The summed E-state index contributed by atoms with van der Waals surface area (Å²) < 4.78 is 0. The molecule has 52 valence electrons. The first-order valence-electron chi connectivity index (χ1n) is 2.48. The van der Waals surface area contributed by atoms with E-state index in [1.807, 2.05) is 12.2 Å². The highest BCUT2D eigenvalue weighted by Crippen LogP contribution is 2.37. The lowest BCUT2D eigenvalue weighted by atomic mass is 10.5. The Kier molecular flexibility index (Phi) is 7.04. The zero-order valence-corrected chi connectivity index (χ0v) is 8.04. The van der Waals surface area contributed by atoms with E-state index in [1.54, 1.807) is 31.4 Å². The highest BCUT2D eigenvalue weighted by atomic mass is 33.5. The molecular weight excluding hydrogens is 168 g/mol. The molecule has 0 rings (SSSR count). The molecule has 0 radical (unpaired) electrons. The maximum atomic E-state index is 3.60. The Morgan fingerprint density at radius 3 is 2.67 bits per heavy atom. The van der Waals surface area contributed by atoms with Crippen LogP contribution < -0.4 is 0 Å². The van der Waals surface area contributed by atoms with Gasteiger partial charge in [-0.1, -0.05) is 40.3 Å². The fraction of sp³-hybridized carbons (Fsp3) is 0.333. The minimum absolute atomic E-state index is 1.30. The molecule has 0 fully saturated rings. The van der Waals surface area contributed by atoms with E-state index in [2.05, 4.69) is 19.8 Å². The second-order valence-corrected chi connectivity index (χ2v) is 5.74. The first-order chi connectivity index (χ1) is 4.31. The summed E-state index contributed by atoms with van der Waals surface area (Å²) in [4.78, 5) is 1.30. The maximum absolute atomic E-state index is 3.60. The molecule has 0 unspecified atom stereocenters. The first-order valence-corrected chi connectivity index (χ1v) is 6.37. The minimum Gasteiger partial charge on any atom is -0.0990 e. The van der Waals surface area contributed by atoms with Gasteiger partial charge < -0.3 is 0 Å². The van der Waals surface area contributed by atoms with Gasteiger partial charge in [-0.25, -0.2) is 0 Å². The molecular formula is C6H10S3. The molecule has 0 aromatic rings. The van der Waals surface area contributed by atoms with E-state index in [0.29, 0.717) is 0 Å². The van der Waals surface area contributed by atoms with E-state index in [1.165, 1.54) is 4.91 Å². The van der Waals surface area contributed by atoms with Crippen molar-refractivity contribution in [3.63, 3.8) is 0 Å². The van der Waals surface area contributed by atoms with Crippen LogP contribution in [0.1, 0.15) is 6.92 Å². The van der Waals surface area contributed by atoms with Crippen molar-refractivity contribution >= 4 is 31.4 Å². The van der Waals surface area contributed by atoms with Crippen LogP contribution in [0.5, 0.6) is 0 Å². The highest BCUT2D eigenvalue weighted by Gasteiger charge is 1.86. The van der Waals surface area contributed by atoms with E-state index < -0.39 is 0 Å². The van der Waals surface area contributed by atoms with E-state index >= 15 is 0 Å². The Morgan fingerprint density at radius 2 is 2.22 bits per heavy atom. The normalized spacial score (nSPS) is 11.6. The first kappa shape index (κ1) is 9.53. The van der Waals surface area contributed by atoms with E-state index in [4.69, 9.17) is 0 Å². The molecule has 0 amide bonds. The third kappa shape index (κ3) is 6.41. The van der Waals surface area contributed by atoms with Crippen molar-refractivity contribution in [1.82, 2.24) is 0 Å². The summed E-state index contributed by atoms with van der Waals surface area (Å²) >= 11 is 0. The predicted molar refractivity (Wildman–Crippen MR) is 52.7 cm³/mol. The molecule has 0 saturated carbocycles. The second-order valence-electron chi connectivity index (χ2n) is 1.33. The van der Waals surface area contributed by atoms with Crippen molar-refractivity contribution in [3.05, 3.63) is 23.6 Å². The molecule has 0 aliphatic carbocycles. The van der Waals surface area contributed by atoms with Crippen LogP contribution in [0.15, 0.2) is 23.6 Å². The smallest absolute Gasteiger partial charge is 0.00649 e. The van der Waals surface area contributed by atoms with Crippen LogP contribution in [0.4, 0.5) is 0 Å². The number of hydrogen-bond acceptors (Lipinski definition) is 3. The molecule has 0 aromatic heterocycles. The lowest BCUT2D eigenvalue weighted by Gasteiger charge is -1.93. The van der Waals surface area contributed by atoms with Crippen molar-refractivity contribution in [2.75, 3.05) is 6.26 Å². The Balaban J connectivity index is 3.36. The summed E-state index contributed by atoms with van der Waals surface area (Å²) in [5, 5.41) is 0. The van der Waals surface area contributed by atoms with Gasteiger partial charge in [0.05, 0.1) is 0 Å². The van der Waals surface area contributed by atoms with Crippen LogP contribution in [-0.2, 0) is 0 Å². The Labute approximate surface area is 68.4 Å². The topological polar surface area (TPSA) is 0 Å². The zero-order chi connectivity index (χ0) is 7.11. The molecule has 0 bridgehead atoms. The Bertz CT molecular complexity index is 107. The molecule has 0 atom stereocenters. The minimum atomic E-state index is 1.30. The Hall–Kier alpha value is 0.530.